The van der Waals surface area contributed by atoms with Gasteiger partial charge >= 0.3 is 5.97 Å². The number of fused-ring (bicyclic) bond motifs is 1. The number of halogens is 2. The highest BCUT2D eigenvalue weighted by atomic mass is 35.5. The standard InChI is InChI=1S/C32H27ClFN3O4/c1-19(32(38)39)37-17-22-12-27(33)31(13-30(22)40-18-21-11-20(14-35)15-36-16-21)41-29-10-9-24-23(6-4-7-26(24)29)25-5-2-3-8-28(25)34/h2-8,11-13,15-16,19,29,37H,9-10,17-18H2,1H3,(H,38,39)/t19-,29+/m1/s1. The van der Waals surface area contributed by atoms with Crippen LogP contribution in [0.2, 0.25) is 5.02 Å². The lowest BCUT2D eigenvalue weighted by atomic mass is 9.96. The quantitative estimate of drug-likeness (QED) is 0.220. The molecule has 0 saturated carbocycles. The zero-order chi connectivity index (χ0) is 28.9. The predicted octanol–water partition coefficient (Wildman–Crippen LogP) is 6.62. The Kier molecular flexibility index (Phi) is 8.48. The van der Waals surface area contributed by atoms with Gasteiger partial charge in [-0.25, -0.2) is 4.39 Å². The molecule has 1 heterocycles. The van der Waals surface area contributed by atoms with Crippen molar-refractivity contribution in [3.63, 3.8) is 0 Å². The van der Waals surface area contributed by atoms with Gasteiger partial charge < -0.3 is 19.9 Å². The maximum absolute atomic E-state index is 14.6. The van der Waals surface area contributed by atoms with Crippen molar-refractivity contribution in [2.24, 2.45) is 0 Å². The SMILES string of the molecule is C[C@@H](NCc1cc(Cl)c(O[C@H]2CCc3c(-c4ccccc4F)cccc32)cc1OCc1cncc(C#N)c1)C(=O)O. The molecule has 1 aliphatic rings. The molecule has 0 aliphatic heterocycles. The summed E-state index contributed by atoms with van der Waals surface area (Å²) in [7, 11) is 0. The van der Waals surface area contributed by atoms with Crippen LogP contribution in [0.25, 0.3) is 11.1 Å². The third-order valence-electron chi connectivity index (χ3n) is 7.05. The van der Waals surface area contributed by atoms with Crippen LogP contribution in [0, 0.1) is 17.1 Å². The van der Waals surface area contributed by atoms with Gasteiger partial charge in [0.05, 0.1) is 10.6 Å². The van der Waals surface area contributed by atoms with E-state index in [1.165, 1.54) is 12.3 Å². The zero-order valence-corrected chi connectivity index (χ0v) is 23.0. The van der Waals surface area contributed by atoms with E-state index in [0.717, 1.165) is 23.1 Å². The molecule has 9 heteroatoms. The summed E-state index contributed by atoms with van der Waals surface area (Å²) in [6, 6.07) is 18.9. The number of carboxylic acids is 1. The number of benzene rings is 3. The first kappa shape index (κ1) is 28.1. The second-order valence-corrected chi connectivity index (χ2v) is 10.2. The zero-order valence-electron chi connectivity index (χ0n) is 22.2. The molecule has 41 heavy (non-hydrogen) atoms. The summed E-state index contributed by atoms with van der Waals surface area (Å²) in [5, 5.41) is 21.8. The molecule has 2 atom stereocenters. The minimum atomic E-state index is -0.979. The van der Waals surface area contributed by atoms with Gasteiger partial charge in [0.15, 0.2) is 0 Å². The molecule has 4 aromatic rings. The Morgan fingerprint density at radius 2 is 1.98 bits per heavy atom. The van der Waals surface area contributed by atoms with Crippen molar-refractivity contribution < 1.29 is 23.8 Å². The van der Waals surface area contributed by atoms with Crippen LogP contribution in [-0.2, 0) is 24.4 Å². The third-order valence-corrected chi connectivity index (χ3v) is 7.35. The summed E-state index contributed by atoms with van der Waals surface area (Å²) in [5.74, 6) is -0.385. The van der Waals surface area contributed by atoms with Crippen LogP contribution in [-0.4, -0.2) is 22.1 Å². The lowest BCUT2D eigenvalue weighted by Crippen LogP contribution is -2.33. The Morgan fingerprint density at radius 1 is 1.17 bits per heavy atom. The van der Waals surface area contributed by atoms with Crippen molar-refractivity contribution in [3.8, 4) is 28.7 Å². The smallest absolute Gasteiger partial charge is 0.320 e. The number of aromatic nitrogens is 1. The Balaban J connectivity index is 1.43. The molecule has 1 aromatic heterocycles. The van der Waals surface area contributed by atoms with E-state index in [0.29, 0.717) is 45.2 Å². The second-order valence-electron chi connectivity index (χ2n) is 9.81. The van der Waals surface area contributed by atoms with Crippen molar-refractivity contribution in [2.75, 3.05) is 0 Å². The lowest BCUT2D eigenvalue weighted by molar-refractivity contribution is -0.139. The lowest BCUT2D eigenvalue weighted by Gasteiger charge is -2.20. The average Bonchev–Trinajstić information content (AvgIpc) is 3.39. The van der Waals surface area contributed by atoms with Crippen molar-refractivity contribution >= 4 is 17.6 Å². The average molecular weight is 572 g/mol. The van der Waals surface area contributed by atoms with E-state index in [9.17, 15) is 19.6 Å². The van der Waals surface area contributed by atoms with Gasteiger partial charge in [-0.2, -0.15) is 5.26 Å². The van der Waals surface area contributed by atoms with Gasteiger partial charge in [-0.3, -0.25) is 9.78 Å². The summed E-state index contributed by atoms with van der Waals surface area (Å²) in [5.41, 5.74) is 5.19. The van der Waals surface area contributed by atoms with Crippen LogP contribution in [0.1, 0.15) is 47.3 Å². The van der Waals surface area contributed by atoms with Gasteiger partial charge in [0.1, 0.15) is 42.1 Å². The summed E-state index contributed by atoms with van der Waals surface area (Å²) >= 11 is 6.67. The van der Waals surface area contributed by atoms with E-state index < -0.39 is 12.0 Å². The normalized spacial score (nSPS) is 14.6. The molecule has 0 saturated heterocycles. The van der Waals surface area contributed by atoms with Crippen LogP contribution < -0.4 is 14.8 Å². The maximum atomic E-state index is 14.6. The van der Waals surface area contributed by atoms with Crippen LogP contribution in [0.15, 0.2) is 73.1 Å². The third kappa shape index (κ3) is 6.32. The van der Waals surface area contributed by atoms with E-state index in [2.05, 4.69) is 16.4 Å². The van der Waals surface area contributed by atoms with Gasteiger partial charge in [0, 0.05) is 41.7 Å². The molecule has 0 unspecified atom stereocenters. The van der Waals surface area contributed by atoms with Gasteiger partial charge in [-0.05, 0) is 54.7 Å². The topological polar surface area (TPSA) is 104 Å². The molecule has 1 aliphatic carbocycles. The molecule has 0 spiro atoms. The number of nitrogens with one attached hydrogen (secondary N) is 1. The van der Waals surface area contributed by atoms with Crippen molar-refractivity contribution in [3.05, 3.63) is 112 Å². The fourth-order valence-corrected chi connectivity index (χ4v) is 5.13. The van der Waals surface area contributed by atoms with Gasteiger partial charge in [-0.15, -0.1) is 0 Å². The minimum absolute atomic E-state index is 0.128. The molecule has 3 aromatic carbocycles. The number of hydrogen-bond acceptors (Lipinski definition) is 6. The van der Waals surface area contributed by atoms with Gasteiger partial charge in [0.25, 0.3) is 0 Å². The van der Waals surface area contributed by atoms with Crippen molar-refractivity contribution in [1.29, 1.82) is 5.26 Å². The molecule has 0 radical (unpaired) electrons. The molecule has 5 rings (SSSR count). The van der Waals surface area contributed by atoms with Crippen LogP contribution >= 0.6 is 11.6 Å². The Morgan fingerprint density at radius 3 is 2.76 bits per heavy atom. The van der Waals surface area contributed by atoms with Gasteiger partial charge in [0.2, 0.25) is 0 Å². The first-order valence-corrected chi connectivity index (χ1v) is 13.5. The second kappa shape index (κ2) is 12.4. The highest BCUT2D eigenvalue weighted by Crippen LogP contribution is 2.43. The van der Waals surface area contributed by atoms with E-state index >= 15 is 0 Å². The van der Waals surface area contributed by atoms with Crippen LogP contribution in [0.5, 0.6) is 11.5 Å². The minimum Gasteiger partial charge on any atom is -0.488 e. The van der Waals surface area contributed by atoms with Crippen LogP contribution in [0.3, 0.4) is 0 Å². The number of carbonyl (C=O) groups is 1. The molecule has 0 bridgehead atoms. The highest BCUT2D eigenvalue weighted by Gasteiger charge is 2.28. The van der Waals surface area contributed by atoms with E-state index in [1.54, 1.807) is 43.5 Å². The molecule has 0 fully saturated rings. The maximum Gasteiger partial charge on any atom is 0.320 e. The predicted molar refractivity (Wildman–Crippen MR) is 152 cm³/mol. The summed E-state index contributed by atoms with van der Waals surface area (Å²) < 4.78 is 27.1. The molecule has 0 amide bonds. The number of nitriles is 1. The molecule has 7 nitrogen and oxygen atoms in total. The monoisotopic (exact) mass is 571 g/mol. The summed E-state index contributed by atoms with van der Waals surface area (Å²) in [6.45, 7) is 1.87. The number of nitrogens with zero attached hydrogens (tertiary/aromatic N) is 2. The Bertz CT molecular complexity index is 1640. The van der Waals surface area contributed by atoms with Crippen molar-refractivity contribution in [1.82, 2.24) is 10.3 Å². The summed E-state index contributed by atoms with van der Waals surface area (Å²) in [6.07, 6.45) is 4.20. The van der Waals surface area contributed by atoms with E-state index in [4.69, 9.17) is 21.1 Å². The first-order chi connectivity index (χ1) is 19.8. The van der Waals surface area contributed by atoms with Gasteiger partial charge in [-0.1, -0.05) is 48.0 Å². The number of rotatable bonds is 10. The van der Waals surface area contributed by atoms with Crippen molar-refractivity contribution in [2.45, 2.75) is 45.1 Å². The fourth-order valence-electron chi connectivity index (χ4n) is 4.90. The number of carboxylic acid groups (broad SMARTS) is 1. The first-order valence-electron chi connectivity index (χ1n) is 13.1. The largest absolute Gasteiger partial charge is 0.488 e. The molecular weight excluding hydrogens is 545 g/mol. The molecule has 208 valence electrons. The Hall–Kier alpha value is -4.45. The van der Waals surface area contributed by atoms with Crippen LogP contribution in [0.4, 0.5) is 4.39 Å². The number of ether oxygens (including phenoxy) is 2. The summed E-state index contributed by atoms with van der Waals surface area (Å²) in [4.78, 5) is 15.4. The highest BCUT2D eigenvalue weighted by molar-refractivity contribution is 6.32. The Labute approximate surface area is 242 Å². The fraction of sp³-hybridized carbons (Fsp3) is 0.219. The number of hydrogen-bond donors (Lipinski definition) is 2. The number of aliphatic carboxylic acids is 1. The molecule has 2 N–H and O–H groups in total. The molecular formula is C32H27ClFN3O4. The number of pyridine rings is 1. The van der Waals surface area contributed by atoms with E-state index in [-0.39, 0.29) is 25.1 Å². The van der Waals surface area contributed by atoms with E-state index in [1.807, 2.05) is 24.3 Å².